The third-order valence-electron chi connectivity index (χ3n) is 7.06. The fourth-order valence-electron chi connectivity index (χ4n) is 5.34. The molecule has 0 spiro atoms. The van der Waals surface area contributed by atoms with E-state index in [4.69, 9.17) is 5.14 Å². The number of piperidine rings is 1. The number of likely N-dealkylation sites (N-methyl/N-ethyl adjacent to an activating group) is 1. The Bertz CT molecular complexity index is 1220. The van der Waals surface area contributed by atoms with E-state index in [9.17, 15) is 13.4 Å². The van der Waals surface area contributed by atoms with Gasteiger partial charge in [-0.2, -0.15) is 0 Å². The second-order valence-corrected chi connectivity index (χ2v) is 11.0. The van der Waals surface area contributed by atoms with E-state index in [0.717, 1.165) is 80.4 Å². The van der Waals surface area contributed by atoms with Crippen molar-refractivity contribution in [3.8, 4) is 0 Å². The number of hydrogen-bond acceptors (Lipinski definition) is 3. The topological polar surface area (TPSA) is 87.8 Å². The molecule has 5 rings (SSSR count). The van der Waals surface area contributed by atoms with Gasteiger partial charge in [0.25, 0.3) is 0 Å². The molecular formula is C24H29FN4O2S. The second kappa shape index (κ2) is 8.24. The smallest absolute Gasteiger partial charge is 0.306 e. The van der Waals surface area contributed by atoms with Gasteiger partial charge in [-0.05, 0) is 104 Å². The van der Waals surface area contributed by atoms with Crippen LogP contribution in [-0.4, -0.2) is 35.3 Å². The highest BCUT2D eigenvalue weighted by Gasteiger charge is 2.27. The summed E-state index contributed by atoms with van der Waals surface area (Å²) in [5.74, 6) is -0.450. The molecule has 2 amide bonds. The van der Waals surface area contributed by atoms with Crippen LogP contribution in [0.5, 0.6) is 0 Å². The summed E-state index contributed by atoms with van der Waals surface area (Å²) in [5, 5.41) is 8.71. The van der Waals surface area contributed by atoms with E-state index in [0.29, 0.717) is 0 Å². The Labute approximate surface area is 188 Å². The average Bonchev–Trinajstić information content (AvgIpc) is 3.18. The Balaban J connectivity index is 1.40. The fraction of sp³-hybridized carbons (Fsp3) is 0.458. The minimum atomic E-state index is -3.71. The van der Waals surface area contributed by atoms with Crippen LogP contribution in [0.15, 0.2) is 33.5 Å². The zero-order chi connectivity index (χ0) is 22.5. The number of benzene rings is 2. The number of carbonyl (C=O) groups is 1. The lowest BCUT2D eigenvalue weighted by Crippen LogP contribution is -2.30. The molecule has 1 fully saturated rings. The van der Waals surface area contributed by atoms with E-state index in [1.54, 1.807) is 6.07 Å². The van der Waals surface area contributed by atoms with Crippen LogP contribution in [0.4, 0.5) is 14.9 Å². The van der Waals surface area contributed by atoms with Crippen molar-refractivity contribution < 1.29 is 13.4 Å². The molecule has 2 aliphatic carbocycles. The number of anilines is 1. The lowest BCUT2D eigenvalue weighted by Gasteiger charge is -2.30. The molecule has 32 heavy (non-hydrogen) atoms. The third-order valence-corrected chi connectivity index (χ3v) is 8.46. The zero-order valence-corrected chi connectivity index (χ0v) is 19.1. The first-order valence-corrected chi connectivity index (χ1v) is 12.9. The van der Waals surface area contributed by atoms with Crippen molar-refractivity contribution in [1.82, 2.24) is 4.90 Å². The van der Waals surface area contributed by atoms with E-state index >= 15 is 0 Å². The number of fused-ring (bicyclic) bond motifs is 2. The maximum Gasteiger partial charge on any atom is 0.354 e. The van der Waals surface area contributed by atoms with Crippen molar-refractivity contribution >= 4 is 21.6 Å². The normalized spacial score (nSPS) is 21.8. The first kappa shape index (κ1) is 21.6. The fourth-order valence-corrected chi connectivity index (χ4v) is 6.33. The Morgan fingerprint density at radius 1 is 1.16 bits per heavy atom. The molecule has 0 saturated carbocycles. The molecule has 1 aliphatic heterocycles. The summed E-state index contributed by atoms with van der Waals surface area (Å²) in [5.41, 5.74) is 6.44. The van der Waals surface area contributed by atoms with Gasteiger partial charge in [0.2, 0.25) is 0 Å². The van der Waals surface area contributed by atoms with Gasteiger partial charge in [0, 0.05) is 12.2 Å². The summed E-state index contributed by atoms with van der Waals surface area (Å²) in [6, 6.07) is 6.02. The van der Waals surface area contributed by atoms with Gasteiger partial charge in [-0.3, -0.25) is 0 Å². The average molecular weight is 457 g/mol. The SMILES string of the molecule is CN1CCCC(c2ccc([S@](N)(=O)=NC(=O)Nc3c4c(cc5c3CC5)CCC4)c(F)c2)C1. The number of nitrogens with two attached hydrogens (primary N) is 1. The van der Waals surface area contributed by atoms with E-state index in [1.807, 2.05) is 0 Å². The first-order chi connectivity index (χ1) is 15.3. The van der Waals surface area contributed by atoms with Crippen molar-refractivity contribution in [2.45, 2.75) is 55.8 Å². The van der Waals surface area contributed by atoms with Gasteiger partial charge in [-0.1, -0.05) is 12.1 Å². The molecule has 2 aromatic carbocycles. The van der Waals surface area contributed by atoms with Crippen LogP contribution in [0.1, 0.15) is 53.0 Å². The number of nitrogens with zero attached hydrogens (tertiary/aromatic N) is 2. The van der Waals surface area contributed by atoms with Crippen LogP contribution in [0.2, 0.25) is 0 Å². The molecule has 3 aliphatic rings. The zero-order valence-electron chi connectivity index (χ0n) is 18.3. The molecule has 2 atom stereocenters. The lowest BCUT2D eigenvalue weighted by molar-refractivity contribution is 0.250. The monoisotopic (exact) mass is 456 g/mol. The number of amides is 2. The number of urea groups is 1. The van der Waals surface area contributed by atoms with E-state index in [-0.39, 0.29) is 10.8 Å². The minimum Gasteiger partial charge on any atom is -0.306 e. The molecule has 3 N–H and O–H groups in total. The largest absolute Gasteiger partial charge is 0.354 e. The van der Waals surface area contributed by atoms with Crippen LogP contribution >= 0.6 is 0 Å². The predicted molar refractivity (Wildman–Crippen MR) is 124 cm³/mol. The van der Waals surface area contributed by atoms with Gasteiger partial charge in [0.15, 0.2) is 0 Å². The predicted octanol–water partition coefficient (Wildman–Crippen LogP) is 4.15. The summed E-state index contributed by atoms with van der Waals surface area (Å²) in [7, 11) is -1.66. The molecule has 6 nitrogen and oxygen atoms in total. The van der Waals surface area contributed by atoms with Crippen molar-refractivity contribution in [1.29, 1.82) is 0 Å². The lowest BCUT2D eigenvalue weighted by atomic mass is 9.83. The number of nitrogens with one attached hydrogen (secondary N) is 1. The van der Waals surface area contributed by atoms with Gasteiger partial charge in [-0.15, -0.1) is 4.36 Å². The Hall–Kier alpha value is -2.29. The highest BCUT2D eigenvalue weighted by Crippen LogP contribution is 2.39. The standard InChI is InChI=1S/C24H29FN4O2S/c1-29-11-3-5-18(14-29)15-8-10-22(21(25)13-15)32(26,31)28-24(30)27-23-19-6-2-4-16(19)12-17-7-9-20(17)23/h8,10,12-13,18H,2-7,9,11,14H2,1H3,(H3,26,27,28,30,31)/t18?,32-/m1/s1. The van der Waals surface area contributed by atoms with Gasteiger partial charge >= 0.3 is 6.03 Å². The van der Waals surface area contributed by atoms with Crippen molar-refractivity contribution in [3.63, 3.8) is 0 Å². The molecule has 8 heteroatoms. The van der Waals surface area contributed by atoms with E-state index in [2.05, 4.69) is 27.7 Å². The maximum atomic E-state index is 14.9. The van der Waals surface area contributed by atoms with Crippen molar-refractivity contribution in [3.05, 3.63) is 57.9 Å². The molecule has 0 radical (unpaired) electrons. The molecule has 1 saturated heterocycles. The van der Waals surface area contributed by atoms with Crippen LogP contribution in [0.3, 0.4) is 0 Å². The van der Waals surface area contributed by atoms with E-state index < -0.39 is 21.8 Å². The minimum absolute atomic E-state index is 0.227. The Morgan fingerprint density at radius 3 is 2.66 bits per heavy atom. The molecule has 1 unspecified atom stereocenters. The van der Waals surface area contributed by atoms with Crippen LogP contribution in [0, 0.1) is 5.82 Å². The number of likely N-dealkylation sites (tertiary alicyclic amines) is 1. The molecule has 0 aromatic heterocycles. The summed E-state index contributed by atoms with van der Waals surface area (Å²) in [4.78, 5) is 14.7. The Kier molecular flexibility index (Phi) is 5.55. The van der Waals surface area contributed by atoms with Gasteiger partial charge in [0.05, 0.1) is 4.90 Å². The second-order valence-electron chi connectivity index (χ2n) is 9.26. The summed E-state index contributed by atoms with van der Waals surface area (Å²) >= 11 is 0. The quantitative estimate of drug-likeness (QED) is 0.727. The first-order valence-electron chi connectivity index (χ1n) is 11.3. The number of rotatable bonds is 3. The summed E-state index contributed by atoms with van der Waals surface area (Å²) in [6.07, 6.45) is 6.92. The highest BCUT2D eigenvalue weighted by molar-refractivity contribution is 7.91. The number of halogens is 1. The van der Waals surface area contributed by atoms with Crippen molar-refractivity contribution in [2.75, 3.05) is 25.5 Å². The summed E-state index contributed by atoms with van der Waals surface area (Å²) < 4.78 is 31.7. The number of carbonyl (C=O) groups excluding carboxylic acids is 1. The number of hydrogen-bond donors (Lipinski definition) is 2. The van der Waals surface area contributed by atoms with Gasteiger partial charge in [-0.25, -0.2) is 18.5 Å². The van der Waals surface area contributed by atoms with Crippen molar-refractivity contribution in [2.24, 2.45) is 9.50 Å². The third kappa shape index (κ3) is 3.95. The van der Waals surface area contributed by atoms with Crippen LogP contribution in [0.25, 0.3) is 0 Å². The van der Waals surface area contributed by atoms with Gasteiger partial charge in [0.1, 0.15) is 15.7 Å². The maximum absolute atomic E-state index is 14.9. The van der Waals surface area contributed by atoms with E-state index in [1.165, 1.54) is 23.3 Å². The highest BCUT2D eigenvalue weighted by atomic mass is 32.2. The number of aryl methyl sites for hydroxylation is 2. The molecule has 2 aromatic rings. The summed E-state index contributed by atoms with van der Waals surface area (Å²) in [6.45, 7) is 1.89. The molecular weight excluding hydrogens is 427 g/mol. The molecule has 1 heterocycles. The Morgan fingerprint density at radius 2 is 1.94 bits per heavy atom. The molecule has 0 bridgehead atoms. The molecule has 170 valence electrons. The van der Waals surface area contributed by atoms with Gasteiger partial charge < -0.3 is 10.2 Å². The van der Waals surface area contributed by atoms with Crippen LogP contribution < -0.4 is 10.5 Å². The van der Waals surface area contributed by atoms with Crippen LogP contribution in [-0.2, 0) is 35.6 Å².